The Balaban J connectivity index is 1.59. The van der Waals surface area contributed by atoms with Crippen molar-refractivity contribution in [2.45, 2.75) is 44.7 Å². The second kappa shape index (κ2) is 6.33. The third kappa shape index (κ3) is 2.72. The maximum absolute atomic E-state index is 14.1. The number of benzene rings is 1. The number of phenolic OH excluding ortho intramolecular Hbond substituents is 1. The third-order valence-corrected chi connectivity index (χ3v) is 6.16. The van der Waals surface area contributed by atoms with Gasteiger partial charge in [0.1, 0.15) is 10.5 Å². The van der Waals surface area contributed by atoms with Crippen molar-refractivity contribution in [2.75, 3.05) is 0 Å². The Hall–Kier alpha value is -2.42. The Bertz CT molecular complexity index is 942. The van der Waals surface area contributed by atoms with E-state index in [9.17, 15) is 23.5 Å². The lowest BCUT2D eigenvalue weighted by molar-refractivity contribution is -0.133. The van der Waals surface area contributed by atoms with Gasteiger partial charge in [-0.3, -0.25) is 9.59 Å². The molecule has 1 N–H and O–H groups in total. The van der Waals surface area contributed by atoms with Gasteiger partial charge in [0.25, 0.3) is 0 Å². The van der Waals surface area contributed by atoms with Crippen LogP contribution in [0.2, 0.25) is 0 Å². The number of aromatic hydroxyl groups is 1. The van der Waals surface area contributed by atoms with Crippen LogP contribution in [0.25, 0.3) is 10.6 Å². The van der Waals surface area contributed by atoms with Gasteiger partial charge in [0, 0.05) is 0 Å². The first-order valence-corrected chi connectivity index (χ1v) is 9.56. The highest BCUT2D eigenvalue weighted by molar-refractivity contribution is 7.14. The van der Waals surface area contributed by atoms with Crippen LogP contribution >= 0.6 is 11.3 Å². The van der Waals surface area contributed by atoms with Crippen molar-refractivity contribution in [2.24, 2.45) is 5.92 Å². The summed E-state index contributed by atoms with van der Waals surface area (Å²) in [4.78, 5) is 26.9. The Labute approximate surface area is 157 Å². The number of amides is 1. The van der Waals surface area contributed by atoms with Gasteiger partial charge in [-0.1, -0.05) is 24.7 Å². The molecule has 1 saturated carbocycles. The van der Waals surface area contributed by atoms with Gasteiger partial charge in [-0.05, 0) is 31.4 Å². The molecule has 1 spiro atoms. The smallest absolute Gasteiger partial charge is 0.234 e. The second-order valence-electron chi connectivity index (χ2n) is 6.92. The zero-order chi connectivity index (χ0) is 19.3. The molecule has 1 amide bonds. The fourth-order valence-corrected chi connectivity index (χ4v) is 4.49. The van der Waals surface area contributed by atoms with Crippen LogP contribution in [0.15, 0.2) is 12.1 Å². The predicted molar refractivity (Wildman–Crippen MR) is 92.8 cm³/mol. The number of nitrogens with zero attached hydrogens (tertiary/aromatic N) is 3. The highest BCUT2D eigenvalue weighted by atomic mass is 32.1. The van der Waals surface area contributed by atoms with Crippen LogP contribution in [0.4, 0.5) is 8.78 Å². The van der Waals surface area contributed by atoms with Crippen LogP contribution in [-0.4, -0.2) is 37.4 Å². The van der Waals surface area contributed by atoms with Crippen molar-refractivity contribution in [3.8, 4) is 16.3 Å². The highest BCUT2D eigenvalue weighted by Gasteiger charge is 2.64. The standard InChI is InChI=1S/C18H17F2N3O3S/c1-2-3-10-15(25)18(6-7-18)23(17(10)26)8-12-21-22-16(27-12)9-4-5-11(19)14(24)13(9)20/h4-5,10,24H,2-3,6-8H2,1H3. The number of aromatic nitrogens is 2. The van der Waals surface area contributed by atoms with Crippen LogP contribution in [-0.2, 0) is 16.1 Å². The molecule has 2 heterocycles. The SMILES string of the molecule is CCCC1C(=O)N(Cc2nnc(-c3ccc(F)c(O)c3F)s2)C2(CC2)C1=O. The Morgan fingerprint density at radius 3 is 2.70 bits per heavy atom. The molecule has 1 aromatic heterocycles. The van der Waals surface area contributed by atoms with Crippen molar-refractivity contribution >= 4 is 23.0 Å². The van der Waals surface area contributed by atoms with E-state index in [1.54, 1.807) is 4.90 Å². The molecule has 6 nitrogen and oxygen atoms in total. The van der Waals surface area contributed by atoms with Gasteiger partial charge in [-0.2, -0.15) is 0 Å². The van der Waals surface area contributed by atoms with Gasteiger partial charge in [-0.25, -0.2) is 8.78 Å². The molecule has 4 rings (SSSR count). The van der Waals surface area contributed by atoms with E-state index < -0.39 is 28.8 Å². The molecule has 9 heteroatoms. The molecule has 0 bridgehead atoms. The number of hydrogen-bond acceptors (Lipinski definition) is 6. The quantitative estimate of drug-likeness (QED) is 0.790. The molecule has 1 aromatic carbocycles. The summed E-state index contributed by atoms with van der Waals surface area (Å²) >= 11 is 1.05. The lowest BCUT2D eigenvalue weighted by atomic mass is 9.97. The molecule has 1 atom stereocenters. The third-order valence-electron chi connectivity index (χ3n) is 5.21. The average Bonchev–Trinajstić information content (AvgIpc) is 3.29. The van der Waals surface area contributed by atoms with E-state index in [1.165, 1.54) is 6.07 Å². The molecular weight excluding hydrogens is 376 g/mol. The number of carbonyl (C=O) groups is 2. The molecule has 27 heavy (non-hydrogen) atoms. The average molecular weight is 393 g/mol. The lowest BCUT2D eigenvalue weighted by Crippen LogP contribution is -2.36. The van der Waals surface area contributed by atoms with E-state index in [-0.39, 0.29) is 28.8 Å². The van der Waals surface area contributed by atoms with Crippen LogP contribution in [0.5, 0.6) is 5.75 Å². The molecule has 1 unspecified atom stereocenters. The van der Waals surface area contributed by atoms with Crippen LogP contribution in [0, 0.1) is 17.6 Å². The Morgan fingerprint density at radius 1 is 1.30 bits per heavy atom. The maximum atomic E-state index is 14.1. The minimum Gasteiger partial charge on any atom is -0.503 e. The van der Waals surface area contributed by atoms with Crippen molar-refractivity contribution in [3.05, 3.63) is 28.8 Å². The van der Waals surface area contributed by atoms with Gasteiger partial charge < -0.3 is 10.0 Å². The monoisotopic (exact) mass is 393 g/mol. The molecule has 142 valence electrons. The van der Waals surface area contributed by atoms with E-state index in [2.05, 4.69) is 10.2 Å². The van der Waals surface area contributed by atoms with E-state index in [4.69, 9.17) is 0 Å². The molecule has 1 aliphatic carbocycles. The fourth-order valence-electron chi connectivity index (χ4n) is 3.64. The van der Waals surface area contributed by atoms with Crippen LogP contribution in [0.3, 0.4) is 0 Å². The van der Waals surface area contributed by atoms with Crippen molar-refractivity contribution < 1.29 is 23.5 Å². The van der Waals surface area contributed by atoms with E-state index in [1.807, 2.05) is 6.92 Å². The number of likely N-dealkylation sites (tertiary alicyclic amines) is 1. The summed E-state index contributed by atoms with van der Waals surface area (Å²) in [7, 11) is 0. The Morgan fingerprint density at radius 2 is 2.04 bits per heavy atom. The van der Waals surface area contributed by atoms with Crippen molar-refractivity contribution in [1.82, 2.24) is 15.1 Å². The largest absolute Gasteiger partial charge is 0.503 e. The first-order valence-electron chi connectivity index (χ1n) is 8.74. The minimum atomic E-state index is -1.10. The summed E-state index contributed by atoms with van der Waals surface area (Å²) in [5.41, 5.74) is -0.770. The van der Waals surface area contributed by atoms with Gasteiger partial charge in [0.15, 0.2) is 28.2 Å². The summed E-state index contributed by atoms with van der Waals surface area (Å²) in [5.74, 6) is -4.00. The van der Waals surface area contributed by atoms with Gasteiger partial charge in [-0.15, -0.1) is 10.2 Å². The van der Waals surface area contributed by atoms with Crippen LogP contribution < -0.4 is 0 Å². The van der Waals surface area contributed by atoms with E-state index in [0.29, 0.717) is 24.3 Å². The predicted octanol–water partition coefficient (Wildman–Crippen LogP) is 3.05. The minimum absolute atomic E-state index is 0.00594. The van der Waals surface area contributed by atoms with E-state index >= 15 is 0 Å². The van der Waals surface area contributed by atoms with E-state index in [0.717, 1.165) is 23.8 Å². The summed E-state index contributed by atoms with van der Waals surface area (Å²) in [6.45, 7) is 2.07. The topological polar surface area (TPSA) is 83.4 Å². The van der Waals surface area contributed by atoms with Crippen molar-refractivity contribution in [3.63, 3.8) is 0 Å². The molecule has 2 aromatic rings. The summed E-state index contributed by atoms with van der Waals surface area (Å²) in [6.07, 6.45) is 2.60. The number of halogens is 2. The zero-order valence-electron chi connectivity index (χ0n) is 14.5. The first-order chi connectivity index (χ1) is 12.9. The summed E-state index contributed by atoms with van der Waals surface area (Å²) < 4.78 is 27.3. The molecule has 2 fully saturated rings. The maximum Gasteiger partial charge on any atom is 0.234 e. The first kappa shape index (κ1) is 18.0. The molecule has 2 aliphatic rings. The number of Topliss-reactive ketones (excluding diaryl/α,β-unsaturated/α-hetero) is 1. The number of phenols is 1. The summed E-state index contributed by atoms with van der Waals surface area (Å²) in [5, 5.41) is 17.9. The molecule has 0 radical (unpaired) electrons. The Kier molecular flexibility index (Phi) is 4.21. The number of rotatable bonds is 5. The number of ketones is 1. The lowest BCUT2D eigenvalue weighted by Gasteiger charge is -2.21. The van der Waals surface area contributed by atoms with Gasteiger partial charge in [0.2, 0.25) is 5.91 Å². The van der Waals surface area contributed by atoms with Gasteiger partial charge in [0.05, 0.1) is 18.0 Å². The fraction of sp³-hybridized carbons (Fsp3) is 0.444. The highest BCUT2D eigenvalue weighted by Crippen LogP contribution is 2.51. The normalized spacial score (nSPS) is 20.7. The zero-order valence-corrected chi connectivity index (χ0v) is 15.4. The molecular formula is C18H17F2N3O3S. The number of carbonyl (C=O) groups excluding carboxylic acids is 2. The van der Waals surface area contributed by atoms with Gasteiger partial charge >= 0.3 is 0 Å². The summed E-state index contributed by atoms with van der Waals surface area (Å²) in [6, 6.07) is 2.13. The number of hydrogen-bond donors (Lipinski definition) is 1. The molecule has 1 saturated heterocycles. The van der Waals surface area contributed by atoms with Crippen LogP contribution in [0.1, 0.15) is 37.6 Å². The second-order valence-corrected chi connectivity index (χ2v) is 7.98. The van der Waals surface area contributed by atoms with Crippen molar-refractivity contribution in [1.29, 1.82) is 0 Å². The molecule has 1 aliphatic heterocycles.